The number of rotatable bonds is 6. The second-order valence-electron chi connectivity index (χ2n) is 2.55. The summed E-state index contributed by atoms with van der Waals surface area (Å²) in [5.74, 6) is 2.62. The van der Waals surface area contributed by atoms with Crippen molar-refractivity contribution in [2.75, 3.05) is 6.54 Å². The summed E-state index contributed by atoms with van der Waals surface area (Å²) in [6, 6.07) is 0. The zero-order valence-electron chi connectivity index (χ0n) is 7.32. The van der Waals surface area contributed by atoms with Crippen LogP contribution in [0.2, 0.25) is 0 Å². The van der Waals surface area contributed by atoms with Gasteiger partial charge < -0.3 is 5.32 Å². The van der Waals surface area contributed by atoms with E-state index in [0.717, 1.165) is 37.9 Å². The third-order valence-corrected chi connectivity index (χ3v) is 1.55. The topological polar surface area (TPSA) is 12.0 Å². The van der Waals surface area contributed by atoms with Crippen molar-refractivity contribution in [3.63, 3.8) is 0 Å². The Morgan fingerprint density at radius 1 is 1.55 bits per heavy atom. The number of allylic oxidation sites excluding steroid dienone is 1. The smallest absolute Gasteiger partial charge is 0.0144 e. The Labute approximate surface area is 69.9 Å². The first-order valence-corrected chi connectivity index (χ1v) is 4.16. The first-order valence-electron chi connectivity index (χ1n) is 4.16. The van der Waals surface area contributed by atoms with Crippen molar-refractivity contribution < 1.29 is 0 Å². The van der Waals surface area contributed by atoms with E-state index in [2.05, 4.69) is 24.7 Å². The molecule has 0 aliphatic heterocycles. The van der Waals surface area contributed by atoms with Crippen LogP contribution in [0.3, 0.4) is 0 Å². The lowest BCUT2D eigenvalue weighted by atomic mass is 10.2. The molecule has 0 radical (unpaired) electrons. The molecule has 0 unspecified atom stereocenters. The van der Waals surface area contributed by atoms with E-state index in [1.807, 2.05) is 0 Å². The average Bonchev–Trinajstić information content (AvgIpc) is 2.04. The summed E-state index contributed by atoms with van der Waals surface area (Å²) in [5, 5.41) is 3.23. The van der Waals surface area contributed by atoms with Gasteiger partial charge in [0.15, 0.2) is 0 Å². The van der Waals surface area contributed by atoms with Gasteiger partial charge in [-0.15, -0.1) is 12.3 Å². The Bertz CT molecular complexity index is 141. The number of hydrogen-bond donors (Lipinski definition) is 1. The van der Waals surface area contributed by atoms with Gasteiger partial charge in [-0.1, -0.05) is 13.5 Å². The normalized spacial score (nSPS) is 8.73. The summed E-state index contributed by atoms with van der Waals surface area (Å²) in [5.41, 5.74) is 1.12. The van der Waals surface area contributed by atoms with Gasteiger partial charge in [0.1, 0.15) is 0 Å². The van der Waals surface area contributed by atoms with Crippen molar-refractivity contribution in [1.29, 1.82) is 0 Å². The summed E-state index contributed by atoms with van der Waals surface area (Å²) in [6.07, 6.45) is 9.26. The lowest BCUT2D eigenvalue weighted by molar-refractivity contribution is 0.678. The van der Waals surface area contributed by atoms with E-state index in [4.69, 9.17) is 6.42 Å². The molecule has 0 aromatic heterocycles. The van der Waals surface area contributed by atoms with E-state index in [1.165, 1.54) is 0 Å². The van der Waals surface area contributed by atoms with E-state index in [1.54, 1.807) is 0 Å². The minimum absolute atomic E-state index is 0.889. The Morgan fingerprint density at radius 2 is 2.27 bits per heavy atom. The average molecular weight is 151 g/mol. The molecular formula is C10H17N. The molecule has 0 saturated heterocycles. The van der Waals surface area contributed by atoms with Crippen LogP contribution in [0.4, 0.5) is 0 Å². The minimum atomic E-state index is 0.889. The molecule has 62 valence electrons. The van der Waals surface area contributed by atoms with Crippen LogP contribution in [-0.4, -0.2) is 6.54 Å². The molecule has 0 aliphatic rings. The number of hydrogen-bond acceptors (Lipinski definition) is 1. The molecule has 0 spiro atoms. The van der Waals surface area contributed by atoms with Crippen molar-refractivity contribution in [3.8, 4) is 12.3 Å². The summed E-state index contributed by atoms with van der Waals surface area (Å²) in [4.78, 5) is 0. The molecule has 0 heterocycles. The van der Waals surface area contributed by atoms with Crippen molar-refractivity contribution in [2.45, 2.75) is 32.6 Å². The largest absolute Gasteiger partial charge is 0.389 e. The molecule has 0 amide bonds. The summed E-state index contributed by atoms with van der Waals surface area (Å²) < 4.78 is 0. The molecule has 1 N–H and O–H groups in total. The predicted molar refractivity (Wildman–Crippen MR) is 50.1 cm³/mol. The molecule has 11 heavy (non-hydrogen) atoms. The highest BCUT2D eigenvalue weighted by molar-refractivity contribution is 4.89. The Kier molecular flexibility index (Phi) is 6.62. The SMILES string of the molecule is C#CCCCCNC(=C)CC. The number of nitrogens with one attached hydrogen (secondary N) is 1. The highest BCUT2D eigenvalue weighted by atomic mass is 14.9. The summed E-state index contributed by atoms with van der Waals surface area (Å²) in [7, 11) is 0. The van der Waals surface area contributed by atoms with Crippen molar-refractivity contribution in [3.05, 3.63) is 12.3 Å². The number of unbranched alkanes of at least 4 members (excludes halogenated alkanes) is 2. The maximum atomic E-state index is 5.11. The van der Waals surface area contributed by atoms with Gasteiger partial charge in [0, 0.05) is 18.7 Å². The third kappa shape index (κ3) is 6.99. The van der Waals surface area contributed by atoms with Crippen LogP contribution in [0.15, 0.2) is 12.3 Å². The minimum Gasteiger partial charge on any atom is -0.389 e. The molecule has 0 aliphatic carbocycles. The predicted octanol–water partition coefficient (Wildman–Crippen LogP) is 2.30. The molecule has 1 nitrogen and oxygen atoms in total. The van der Waals surface area contributed by atoms with E-state index < -0.39 is 0 Å². The fourth-order valence-electron chi connectivity index (χ4n) is 0.742. The van der Waals surface area contributed by atoms with Crippen molar-refractivity contribution in [2.24, 2.45) is 0 Å². The highest BCUT2D eigenvalue weighted by Gasteiger charge is 1.88. The second kappa shape index (κ2) is 7.21. The maximum Gasteiger partial charge on any atom is 0.0144 e. The first-order chi connectivity index (χ1) is 5.31. The van der Waals surface area contributed by atoms with Gasteiger partial charge in [-0.3, -0.25) is 0 Å². The van der Waals surface area contributed by atoms with E-state index in [0.29, 0.717) is 0 Å². The van der Waals surface area contributed by atoms with Gasteiger partial charge in [-0.05, 0) is 19.3 Å². The van der Waals surface area contributed by atoms with Crippen LogP contribution in [0, 0.1) is 12.3 Å². The van der Waals surface area contributed by atoms with Gasteiger partial charge in [0.25, 0.3) is 0 Å². The van der Waals surface area contributed by atoms with Gasteiger partial charge in [-0.2, -0.15) is 0 Å². The van der Waals surface area contributed by atoms with Crippen LogP contribution in [0.1, 0.15) is 32.6 Å². The van der Waals surface area contributed by atoms with Crippen LogP contribution < -0.4 is 5.32 Å². The van der Waals surface area contributed by atoms with Crippen LogP contribution in [-0.2, 0) is 0 Å². The van der Waals surface area contributed by atoms with Crippen molar-refractivity contribution in [1.82, 2.24) is 5.32 Å². The third-order valence-electron chi connectivity index (χ3n) is 1.55. The van der Waals surface area contributed by atoms with E-state index >= 15 is 0 Å². The van der Waals surface area contributed by atoms with E-state index in [9.17, 15) is 0 Å². The summed E-state index contributed by atoms with van der Waals surface area (Å²) >= 11 is 0. The molecule has 1 heteroatoms. The molecule has 0 bridgehead atoms. The van der Waals surface area contributed by atoms with Crippen LogP contribution in [0.5, 0.6) is 0 Å². The van der Waals surface area contributed by atoms with Gasteiger partial charge in [0.05, 0.1) is 0 Å². The lowest BCUT2D eigenvalue weighted by Crippen LogP contribution is -2.12. The zero-order valence-corrected chi connectivity index (χ0v) is 7.32. The zero-order chi connectivity index (χ0) is 8.53. The molecular weight excluding hydrogens is 134 g/mol. The Balaban J connectivity index is 3.03. The molecule has 0 atom stereocenters. The standard InChI is InChI=1S/C10H17N/c1-4-6-7-8-9-11-10(3)5-2/h1,11H,3,5-9H2,2H3. The van der Waals surface area contributed by atoms with Gasteiger partial charge >= 0.3 is 0 Å². The molecule has 0 aromatic rings. The van der Waals surface area contributed by atoms with Gasteiger partial charge in [-0.25, -0.2) is 0 Å². The van der Waals surface area contributed by atoms with Crippen molar-refractivity contribution >= 4 is 0 Å². The maximum absolute atomic E-state index is 5.11. The quantitative estimate of drug-likeness (QED) is 0.453. The monoisotopic (exact) mass is 151 g/mol. The van der Waals surface area contributed by atoms with Gasteiger partial charge in [0.2, 0.25) is 0 Å². The first kappa shape index (κ1) is 10.1. The molecule has 0 rings (SSSR count). The Hall–Kier alpha value is -0.900. The molecule has 0 fully saturated rings. The molecule has 0 saturated carbocycles. The second-order valence-corrected chi connectivity index (χ2v) is 2.55. The lowest BCUT2D eigenvalue weighted by Gasteiger charge is -2.05. The van der Waals surface area contributed by atoms with E-state index in [-0.39, 0.29) is 0 Å². The Morgan fingerprint density at radius 3 is 2.82 bits per heavy atom. The van der Waals surface area contributed by atoms with Crippen LogP contribution >= 0.6 is 0 Å². The summed E-state index contributed by atoms with van der Waals surface area (Å²) in [6.45, 7) is 6.94. The fourth-order valence-corrected chi connectivity index (χ4v) is 0.742. The highest BCUT2D eigenvalue weighted by Crippen LogP contribution is 1.94. The molecule has 0 aromatic carbocycles. The number of terminal acetylenes is 1. The fraction of sp³-hybridized carbons (Fsp3) is 0.600. The van der Waals surface area contributed by atoms with Crippen LogP contribution in [0.25, 0.3) is 0 Å².